The zero-order chi connectivity index (χ0) is 16.6. The van der Waals surface area contributed by atoms with Gasteiger partial charge in [0.2, 0.25) is 5.91 Å². The van der Waals surface area contributed by atoms with E-state index in [1.807, 2.05) is 42.3 Å². The summed E-state index contributed by atoms with van der Waals surface area (Å²) >= 11 is 12.0. The Bertz CT molecular complexity index is 789. The Morgan fingerprint density at radius 3 is 2.67 bits per heavy atom. The normalized spacial score (nSPS) is 15.7. The molecule has 5 heteroatoms. The highest BCUT2D eigenvalue weighted by atomic mass is 35.5. The van der Waals surface area contributed by atoms with Gasteiger partial charge in [0.15, 0.2) is 0 Å². The van der Waals surface area contributed by atoms with Gasteiger partial charge in [-0.25, -0.2) is 0 Å². The zero-order valence-electron chi connectivity index (χ0n) is 12.6. The fraction of sp³-hybridized carbons (Fsp3) is 0.211. The van der Waals surface area contributed by atoms with Crippen molar-refractivity contribution in [2.75, 3.05) is 7.05 Å². The number of carbonyl (C=O) groups is 1. The Labute approximate surface area is 152 Å². The lowest BCUT2D eigenvalue weighted by Gasteiger charge is -2.22. The largest absolute Gasteiger partial charge is 0.359 e. The molecule has 0 aliphatic carbocycles. The first-order valence-electron chi connectivity index (χ1n) is 7.21. The summed E-state index contributed by atoms with van der Waals surface area (Å²) in [5.41, 5.74) is 3.67. The number of amides is 1. The summed E-state index contributed by atoms with van der Waals surface area (Å²) < 4.78 is 0. The predicted molar refractivity (Wildman–Crippen MR) is 101 cm³/mol. The van der Waals surface area contributed by atoms with Gasteiger partial charge in [-0.2, -0.15) is 0 Å². The van der Waals surface area contributed by atoms with Crippen LogP contribution in [0.25, 0.3) is 5.70 Å². The molecule has 0 aromatic heterocycles. The number of likely N-dealkylation sites (N-methyl/N-ethyl adjacent to an activating group) is 1. The van der Waals surface area contributed by atoms with Gasteiger partial charge in [-0.1, -0.05) is 67.5 Å². The van der Waals surface area contributed by atoms with E-state index >= 15 is 0 Å². The smallest absolute Gasteiger partial charge is 0.247 e. The summed E-state index contributed by atoms with van der Waals surface area (Å²) in [5.74, 6) is -0.0791. The van der Waals surface area contributed by atoms with Crippen LogP contribution in [0.3, 0.4) is 0 Å². The molecule has 126 valence electrons. The minimum atomic E-state index is -0.371. The molecule has 1 amide bonds. The second kappa shape index (κ2) is 7.29. The third kappa shape index (κ3) is 3.28. The summed E-state index contributed by atoms with van der Waals surface area (Å²) in [5, 5.41) is 4.06. The number of benzene rings is 2. The van der Waals surface area contributed by atoms with Crippen LogP contribution in [0.5, 0.6) is 0 Å². The zero-order valence-corrected chi connectivity index (χ0v) is 14.2. The van der Waals surface area contributed by atoms with Crippen molar-refractivity contribution in [3.05, 3.63) is 75.8 Å². The molecule has 24 heavy (non-hydrogen) atoms. The molecule has 3 rings (SSSR count). The van der Waals surface area contributed by atoms with Crippen molar-refractivity contribution < 1.29 is 4.79 Å². The minimum absolute atomic E-state index is 0. The van der Waals surface area contributed by atoms with Crippen molar-refractivity contribution in [2.45, 2.75) is 20.0 Å². The number of hydrogen-bond acceptors (Lipinski definition) is 2. The van der Waals surface area contributed by atoms with Gasteiger partial charge in [-0.05, 0) is 23.3 Å². The Hall–Kier alpha value is -1.97. The van der Waals surface area contributed by atoms with Crippen LogP contribution in [0.4, 0.5) is 0 Å². The number of hydrogen-bond donors (Lipinski definition) is 1. The fourth-order valence-corrected chi connectivity index (χ4v) is 3.29. The topological polar surface area (TPSA) is 32.3 Å². The van der Waals surface area contributed by atoms with E-state index in [4.69, 9.17) is 23.2 Å². The van der Waals surface area contributed by atoms with Gasteiger partial charge < -0.3 is 10.2 Å². The number of halogens is 2. The molecule has 0 saturated carbocycles. The average molecular weight is 363 g/mol. The molecule has 2 aromatic rings. The van der Waals surface area contributed by atoms with Gasteiger partial charge in [0.05, 0.1) is 0 Å². The van der Waals surface area contributed by atoms with Gasteiger partial charge in [0.1, 0.15) is 6.04 Å². The van der Waals surface area contributed by atoms with Gasteiger partial charge >= 0.3 is 0 Å². The molecule has 1 N–H and O–H groups in total. The van der Waals surface area contributed by atoms with E-state index < -0.39 is 0 Å². The van der Waals surface area contributed by atoms with E-state index in [1.165, 1.54) is 0 Å². The van der Waals surface area contributed by atoms with Gasteiger partial charge in [-0.3, -0.25) is 4.79 Å². The monoisotopic (exact) mass is 362 g/mol. The summed E-state index contributed by atoms with van der Waals surface area (Å²) in [6.07, 6.45) is 0. The van der Waals surface area contributed by atoms with E-state index in [2.05, 4.69) is 11.9 Å². The highest BCUT2D eigenvalue weighted by molar-refractivity contribution is 6.35. The van der Waals surface area contributed by atoms with Gasteiger partial charge in [0.25, 0.3) is 0 Å². The van der Waals surface area contributed by atoms with Crippen LogP contribution in [0.1, 0.15) is 30.2 Å². The maximum absolute atomic E-state index is 12.7. The van der Waals surface area contributed by atoms with Crippen molar-refractivity contribution in [1.29, 1.82) is 0 Å². The molecule has 1 heterocycles. The molecule has 0 fully saturated rings. The van der Waals surface area contributed by atoms with Crippen molar-refractivity contribution in [1.82, 2.24) is 10.2 Å². The Morgan fingerprint density at radius 2 is 1.96 bits per heavy atom. The Kier molecular flexibility index (Phi) is 5.58. The van der Waals surface area contributed by atoms with E-state index in [-0.39, 0.29) is 19.4 Å². The molecule has 1 aliphatic rings. The molecule has 1 unspecified atom stereocenters. The Morgan fingerprint density at radius 1 is 1.25 bits per heavy atom. The van der Waals surface area contributed by atoms with Crippen LogP contribution >= 0.6 is 23.2 Å². The molecule has 0 spiro atoms. The minimum Gasteiger partial charge on any atom is -0.359 e. The molecule has 2 aromatic carbocycles. The van der Waals surface area contributed by atoms with Crippen molar-refractivity contribution in [2.24, 2.45) is 0 Å². The first-order chi connectivity index (χ1) is 11.0. The lowest BCUT2D eigenvalue weighted by atomic mass is 10.0. The Balaban J connectivity index is 0.00000208. The maximum atomic E-state index is 12.7. The van der Waals surface area contributed by atoms with Crippen LogP contribution < -0.4 is 5.32 Å². The van der Waals surface area contributed by atoms with E-state index in [0.717, 1.165) is 22.4 Å². The second-order valence-corrected chi connectivity index (χ2v) is 6.34. The number of carbonyl (C=O) groups excluding carboxylic acids is 1. The number of rotatable bonds is 3. The van der Waals surface area contributed by atoms with Crippen LogP contribution in [-0.4, -0.2) is 17.9 Å². The molecule has 1 atom stereocenters. The third-order valence-corrected chi connectivity index (χ3v) is 4.68. The van der Waals surface area contributed by atoms with Crippen LogP contribution in [0, 0.1) is 0 Å². The molecule has 0 bridgehead atoms. The highest BCUT2D eigenvalue weighted by Gasteiger charge is 2.34. The molecular formula is C19H20Cl2N2O. The third-order valence-electron chi connectivity index (χ3n) is 4.10. The number of fused-ring (bicyclic) bond motifs is 1. The first-order valence-corrected chi connectivity index (χ1v) is 7.97. The van der Waals surface area contributed by atoms with Gasteiger partial charge in [-0.15, -0.1) is 0 Å². The lowest BCUT2D eigenvalue weighted by molar-refractivity contribution is -0.125. The molecular weight excluding hydrogens is 343 g/mol. The fourth-order valence-electron chi connectivity index (χ4n) is 2.81. The molecule has 0 radical (unpaired) electrons. The summed E-state index contributed by atoms with van der Waals surface area (Å²) in [4.78, 5) is 14.5. The van der Waals surface area contributed by atoms with Crippen molar-refractivity contribution in [3.8, 4) is 0 Å². The summed E-state index contributed by atoms with van der Waals surface area (Å²) in [7, 11) is 1.88. The standard InChI is InChI=1S/C18H16Cl2N2O.CH4/c1-11-14-5-3-4-6-15(14)17(22(11)2)18(23)21-10-12-7-8-13(19)9-16(12)20;/h3-9,17H,1,10H2,2H3,(H,21,23);1H4. The van der Waals surface area contributed by atoms with E-state index in [0.29, 0.717) is 16.6 Å². The lowest BCUT2D eigenvalue weighted by Crippen LogP contribution is -2.34. The molecule has 1 aliphatic heterocycles. The van der Waals surface area contributed by atoms with Gasteiger partial charge in [0, 0.05) is 34.9 Å². The summed E-state index contributed by atoms with van der Waals surface area (Å²) in [6, 6.07) is 12.7. The van der Waals surface area contributed by atoms with E-state index in [9.17, 15) is 4.79 Å². The SMILES string of the molecule is C.C=C1c2ccccc2C(C(=O)NCc2ccc(Cl)cc2Cl)N1C. The average Bonchev–Trinajstić information content (AvgIpc) is 2.78. The van der Waals surface area contributed by atoms with Crippen molar-refractivity contribution in [3.63, 3.8) is 0 Å². The highest BCUT2D eigenvalue weighted by Crippen LogP contribution is 2.39. The summed E-state index contributed by atoms with van der Waals surface area (Å²) in [6.45, 7) is 4.42. The van der Waals surface area contributed by atoms with E-state index in [1.54, 1.807) is 12.1 Å². The van der Waals surface area contributed by atoms with Crippen molar-refractivity contribution >= 4 is 34.8 Å². The van der Waals surface area contributed by atoms with Crippen LogP contribution in [0.2, 0.25) is 10.0 Å². The second-order valence-electron chi connectivity index (χ2n) is 5.50. The number of nitrogens with zero attached hydrogens (tertiary/aromatic N) is 1. The predicted octanol–water partition coefficient (Wildman–Crippen LogP) is 4.90. The van der Waals surface area contributed by atoms with Crippen LogP contribution in [0.15, 0.2) is 49.0 Å². The van der Waals surface area contributed by atoms with Crippen LogP contribution in [-0.2, 0) is 11.3 Å². The maximum Gasteiger partial charge on any atom is 0.247 e. The molecule has 0 saturated heterocycles. The number of nitrogens with one attached hydrogen (secondary N) is 1. The quantitative estimate of drug-likeness (QED) is 0.841. The first kappa shape index (κ1) is 18.4. The molecule has 3 nitrogen and oxygen atoms in total.